The first-order valence-electron chi connectivity index (χ1n) is 9.50. The average Bonchev–Trinajstić information content (AvgIpc) is 3.30. The standard InChI is InChI=1S/C20H28N4O2S/c1-13(2)14(3)21-19(25)17-9-6-10-24(17)20-22-18(23-27-20)12-15-7-5-8-16(11-15)26-4/h5,7-8,11,13-14,17H,6,9-10,12H2,1-4H3,(H,21,25)/t14-,17+/m0/s1. The summed E-state index contributed by atoms with van der Waals surface area (Å²) in [5.74, 6) is 2.13. The van der Waals surface area contributed by atoms with Gasteiger partial charge in [0.2, 0.25) is 11.0 Å². The maximum atomic E-state index is 12.7. The molecule has 0 spiro atoms. The van der Waals surface area contributed by atoms with E-state index in [1.54, 1.807) is 7.11 Å². The fraction of sp³-hybridized carbons (Fsp3) is 0.550. The van der Waals surface area contributed by atoms with Gasteiger partial charge in [-0.25, -0.2) is 4.98 Å². The topological polar surface area (TPSA) is 67.3 Å². The molecule has 1 amide bonds. The molecular weight excluding hydrogens is 360 g/mol. The molecule has 2 atom stereocenters. The Hall–Kier alpha value is -2.15. The molecule has 146 valence electrons. The fourth-order valence-corrected chi connectivity index (χ4v) is 3.92. The quantitative estimate of drug-likeness (QED) is 0.788. The fourth-order valence-electron chi connectivity index (χ4n) is 3.15. The van der Waals surface area contributed by atoms with E-state index in [-0.39, 0.29) is 18.0 Å². The van der Waals surface area contributed by atoms with Crippen LogP contribution in [0.2, 0.25) is 0 Å². The number of nitrogens with zero attached hydrogens (tertiary/aromatic N) is 3. The normalized spacial score (nSPS) is 18.0. The first-order chi connectivity index (χ1) is 13.0. The van der Waals surface area contributed by atoms with Crippen LogP contribution in [0.4, 0.5) is 5.13 Å². The minimum atomic E-state index is -0.149. The molecule has 1 aliphatic rings. The third kappa shape index (κ3) is 4.77. The molecule has 1 N–H and O–H groups in total. The second-order valence-corrected chi connectivity index (χ2v) is 8.14. The van der Waals surface area contributed by atoms with Crippen molar-refractivity contribution in [3.8, 4) is 5.75 Å². The Kier molecular flexibility index (Phi) is 6.31. The lowest BCUT2D eigenvalue weighted by Gasteiger charge is -2.25. The number of nitrogens with one attached hydrogen (secondary N) is 1. The third-order valence-corrected chi connectivity index (χ3v) is 5.92. The summed E-state index contributed by atoms with van der Waals surface area (Å²) in [4.78, 5) is 19.5. The maximum absolute atomic E-state index is 12.7. The van der Waals surface area contributed by atoms with Crippen LogP contribution in [0.15, 0.2) is 24.3 Å². The molecule has 0 radical (unpaired) electrons. The van der Waals surface area contributed by atoms with Gasteiger partial charge in [-0.05, 0) is 43.4 Å². The molecule has 1 aliphatic heterocycles. The minimum Gasteiger partial charge on any atom is -0.497 e. The number of amides is 1. The van der Waals surface area contributed by atoms with E-state index in [4.69, 9.17) is 9.72 Å². The molecule has 1 aromatic carbocycles. The van der Waals surface area contributed by atoms with E-state index in [0.29, 0.717) is 12.3 Å². The van der Waals surface area contributed by atoms with E-state index in [1.165, 1.54) is 11.5 Å². The van der Waals surface area contributed by atoms with Gasteiger partial charge < -0.3 is 15.0 Å². The Labute approximate surface area is 165 Å². The van der Waals surface area contributed by atoms with Crippen molar-refractivity contribution in [1.82, 2.24) is 14.7 Å². The Morgan fingerprint density at radius 2 is 2.22 bits per heavy atom. The molecule has 1 fully saturated rings. The van der Waals surface area contributed by atoms with Gasteiger partial charge in [-0.3, -0.25) is 4.79 Å². The molecule has 27 heavy (non-hydrogen) atoms. The summed E-state index contributed by atoms with van der Waals surface area (Å²) in [6, 6.07) is 7.96. The SMILES string of the molecule is COc1cccc(Cc2nsc(N3CCC[C@@H]3C(=O)N[C@@H](C)C(C)C)n2)c1. The van der Waals surface area contributed by atoms with Gasteiger partial charge in [0.25, 0.3) is 0 Å². The van der Waals surface area contributed by atoms with E-state index in [9.17, 15) is 4.79 Å². The first kappa shape index (κ1) is 19.6. The minimum absolute atomic E-state index is 0.0956. The summed E-state index contributed by atoms with van der Waals surface area (Å²) in [5, 5.41) is 3.98. The lowest BCUT2D eigenvalue weighted by Crippen LogP contribution is -2.47. The van der Waals surface area contributed by atoms with Gasteiger partial charge in [0.1, 0.15) is 17.6 Å². The summed E-state index contributed by atoms with van der Waals surface area (Å²) in [7, 11) is 1.66. The van der Waals surface area contributed by atoms with Crippen molar-refractivity contribution in [2.75, 3.05) is 18.6 Å². The molecule has 7 heteroatoms. The third-order valence-electron chi connectivity index (χ3n) is 5.12. The van der Waals surface area contributed by atoms with Crippen molar-refractivity contribution in [3.63, 3.8) is 0 Å². The molecule has 2 heterocycles. The number of rotatable bonds is 7. The lowest BCUT2D eigenvalue weighted by atomic mass is 10.1. The summed E-state index contributed by atoms with van der Waals surface area (Å²) in [6.45, 7) is 7.14. The van der Waals surface area contributed by atoms with Crippen LogP contribution in [0, 0.1) is 5.92 Å². The number of carbonyl (C=O) groups excluding carboxylic acids is 1. The van der Waals surface area contributed by atoms with Crippen LogP contribution < -0.4 is 15.0 Å². The van der Waals surface area contributed by atoms with Crippen LogP contribution in [0.1, 0.15) is 45.0 Å². The predicted molar refractivity (Wildman–Crippen MR) is 109 cm³/mol. The van der Waals surface area contributed by atoms with Crippen LogP contribution in [-0.4, -0.2) is 41.0 Å². The Morgan fingerprint density at radius 1 is 1.41 bits per heavy atom. The predicted octanol–water partition coefficient (Wildman–Crippen LogP) is 3.27. The van der Waals surface area contributed by atoms with Crippen molar-refractivity contribution < 1.29 is 9.53 Å². The number of carbonyl (C=O) groups is 1. The summed E-state index contributed by atoms with van der Waals surface area (Å²) in [6.07, 6.45) is 2.52. The van der Waals surface area contributed by atoms with Crippen molar-refractivity contribution in [3.05, 3.63) is 35.7 Å². The molecule has 0 unspecified atom stereocenters. The lowest BCUT2D eigenvalue weighted by molar-refractivity contribution is -0.123. The highest BCUT2D eigenvalue weighted by atomic mass is 32.1. The number of hydrogen-bond acceptors (Lipinski definition) is 6. The number of ether oxygens (including phenoxy) is 1. The van der Waals surface area contributed by atoms with E-state index in [2.05, 4.69) is 35.4 Å². The number of methoxy groups -OCH3 is 1. The number of anilines is 1. The largest absolute Gasteiger partial charge is 0.497 e. The highest BCUT2D eigenvalue weighted by molar-refractivity contribution is 7.09. The van der Waals surface area contributed by atoms with Crippen LogP contribution >= 0.6 is 11.5 Å². The van der Waals surface area contributed by atoms with Crippen molar-refractivity contribution >= 4 is 22.6 Å². The maximum Gasteiger partial charge on any atom is 0.243 e. The van der Waals surface area contributed by atoms with Crippen LogP contribution in [0.25, 0.3) is 0 Å². The van der Waals surface area contributed by atoms with Gasteiger partial charge in [0.15, 0.2) is 0 Å². The van der Waals surface area contributed by atoms with Gasteiger partial charge in [-0.1, -0.05) is 26.0 Å². The van der Waals surface area contributed by atoms with Crippen molar-refractivity contribution in [1.29, 1.82) is 0 Å². The van der Waals surface area contributed by atoms with Gasteiger partial charge in [-0.15, -0.1) is 0 Å². The number of aromatic nitrogens is 2. The molecule has 0 saturated carbocycles. The second kappa shape index (κ2) is 8.69. The zero-order valence-corrected chi connectivity index (χ0v) is 17.3. The first-order valence-corrected chi connectivity index (χ1v) is 10.3. The molecule has 0 aliphatic carbocycles. The van der Waals surface area contributed by atoms with Crippen molar-refractivity contribution in [2.24, 2.45) is 5.92 Å². The molecular formula is C20H28N4O2S. The van der Waals surface area contributed by atoms with E-state index < -0.39 is 0 Å². The Morgan fingerprint density at radius 3 is 2.96 bits per heavy atom. The average molecular weight is 389 g/mol. The highest BCUT2D eigenvalue weighted by Crippen LogP contribution is 2.28. The molecule has 0 bridgehead atoms. The van der Waals surface area contributed by atoms with E-state index in [1.807, 2.05) is 24.3 Å². The summed E-state index contributed by atoms with van der Waals surface area (Å²) >= 11 is 1.38. The molecule has 1 aromatic heterocycles. The van der Waals surface area contributed by atoms with Crippen LogP contribution in [0.5, 0.6) is 5.75 Å². The van der Waals surface area contributed by atoms with Gasteiger partial charge in [0.05, 0.1) is 7.11 Å². The zero-order valence-electron chi connectivity index (χ0n) is 16.4. The number of benzene rings is 1. The molecule has 6 nitrogen and oxygen atoms in total. The smallest absolute Gasteiger partial charge is 0.243 e. The van der Waals surface area contributed by atoms with Crippen molar-refractivity contribution in [2.45, 2.75) is 52.1 Å². The monoisotopic (exact) mass is 388 g/mol. The number of hydrogen-bond donors (Lipinski definition) is 1. The van der Waals surface area contributed by atoms with Gasteiger partial charge in [-0.2, -0.15) is 4.37 Å². The van der Waals surface area contributed by atoms with E-state index in [0.717, 1.165) is 41.7 Å². The Balaban J connectivity index is 1.68. The summed E-state index contributed by atoms with van der Waals surface area (Å²) < 4.78 is 9.79. The van der Waals surface area contributed by atoms with Gasteiger partial charge in [0, 0.05) is 30.5 Å². The highest BCUT2D eigenvalue weighted by Gasteiger charge is 2.33. The molecule has 1 saturated heterocycles. The van der Waals surface area contributed by atoms with Crippen LogP contribution in [-0.2, 0) is 11.2 Å². The second-order valence-electron chi connectivity index (χ2n) is 7.41. The van der Waals surface area contributed by atoms with Gasteiger partial charge >= 0.3 is 0 Å². The Bertz CT molecular complexity index is 777. The molecule has 3 rings (SSSR count). The van der Waals surface area contributed by atoms with Crippen LogP contribution in [0.3, 0.4) is 0 Å². The molecule has 2 aromatic rings. The van der Waals surface area contributed by atoms with E-state index >= 15 is 0 Å². The summed E-state index contributed by atoms with van der Waals surface area (Å²) in [5.41, 5.74) is 1.11. The zero-order chi connectivity index (χ0) is 19.4.